The van der Waals surface area contributed by atoms with E-state index in [4.69, 9.17) is 9.84 Å². The Morgan fingerprint density at radius 2 is 2.04 bits per heavy atom. The molecule has 0 radical (unpaired) electrons. The van der Waals surface area contributed by atoms with Crippen molar-refractivity contribution in [3.8, 4) is 5.69 Å². The number of rotatable bonds is 5. The second-order valence-electron chi connectivity index (χ2n) is 7.20. The van der Waals surface area contributed by atoms with Gasteiger partial charge in [-0.05, 0) is 12.1 Å². The lowest BCUT2D eigenvalue weighted by Gasteiger charge is -2.30. The molecule has 2 aliphatic heterocycles. The quantitative estimate of drug-likeness (QED) is 0.865. The Morgan fingerprint density at radius 3 is 2.85 bits per heavy atom. The third-order valence-electron chi connectivity index (χ3n) is 5.06. The minimum Gasteiger partial charge on any atom is -0.480 e. The second-order valence-corrected chi connectivity index (χ2v) is 7.20. The predicted molar refractivity (Wildman–Crippen MR) is 96.1 cm³/mol. The molecule has 0 amide bonds. The highest BCUT2D eigenvalue weighted by Crippen LogP contribution is 2.22. The average Bonchev–Trinajstić information content (AvgIpc) is 2.91. The van der Waals surface area contributed by atoms with Gasteiger partial charge in [-0.25, -0.2) is 4.68 Å². The number of benzene rings is 1. The summed E-state index contributed by atoms with van der Waals surface area (Å²) < 4.78 is 7.72. The summed E-state index contributed by atoms with van der Waals surface area (Å²) in [5.74, 6) is -0.424. The summed E-state index contributed by atoms with van der Waals surface area (Å²) in [6, 6.07) is 10.3. The maximum atomic E-state index is 11.1. The Hall–Kier alpha value is -2.22. The first-order chi connectivity index (χ1) is 12.7. The molecule has 7 nitrogen and oxygen atoms in total. The van der Waals surface area contributed by atoms with E-state index >= 15 is 0 Å². The van der Waals surface area contributed by atoms with Crippen LogP contribution >= 0.6 is 0 Å². The monoisotopic (exact) mass is 356 g/mol. The van der Waals surface area contributed by atoms with Crippen LogP contribution in [-0.2, 0) is 16.1 Å². The molecule has 3 heterocycles. The molecule has 0 saturated carbocycles. The predicted octanol–water partition coefficient (Wildman–Crippen LogP) is 1.09. The minimum atomic E-state index is -0.762. The topological polar surface area (TPSA) is 70.8 Å². The number of para-hydroxylation sites is 1. The molecular formula is C19H24N4O3. The van der Waals surface area contributed by atoms with Crippen LogP contribution in [0.1, 0.15) is 5.56 Å². The third kappa shape index (κ3) is 3.95. The molecule has 1 N–H and O–H groups in total. The van der Waals surface area contributed by atoms with Crippen LogP contribution in [0.25, 0.3) is 5.69 Å². The molecule has 1 aromatic carbocycles. The maximum Gasteiger partial charge on any atom is 0.317 e. The average molecular weight is 356 g/mol. The van der Waals surface area contributed by atoms with Crippen LogP contribution in [-0.4, -0.2) is 76.1 Å². The van der Waals surface area contributed by atoms with E-state index < -0.39 is 5.97 Å². The molecule has 0 aliphatic carbocycles. The SMILES string of the molecule is O=C(O)CN1C[C@@H]2COC[C@H](C1)N(Cc1cnn(-c3ccccc3)c1)C2. The van der Waals surface area contributed by atoms with Crippen LogP contribution < -0.4 is 0 Å². The molecular weight excluding hydrogens is 332 g/mol. The van der Waals surface area contributed by atoms with Crippen molar-refractivity contribution in [3.63, 3.8) is 0 Å². The van der Waals surface area contributed by atoms with Crippen molar-refractivity contribution in [2.24, 2.45) is 5.92 Å². The van der Waals surface area contributed by atoms with Gasteiger partial charge in [0, 0.05) is 49.9 Å². The third-order valence-corrected chi connectivity index (χ3v) is 5.06. The van der Waals surface area contributed by atoms with Gasteiger partial charge < -0.3 is 9.84 Å². The number of carboxylic acid groups (broad SMARTS) is 1. The summed E-state index contributed by atoms with van der Waals surface area (Å²) >= 11 is 0. The normalized spacial score (nSPS) is 24.3. The van der Waals surface area contributed by atoms with Crippen LogP contribution in [0.4, 0.5) is 0 Å². The van der Waals surface area contributed by atoms with Gasteiger partial charge in [-0.3, -0.25) is 14.6 Å². The number of fused-ring (bicyclic) bond motifs is 3. The van der Waals surface area contributed by atoms with E-state index in [-0.39, 0.29) is 12.6 Å². The molecule has 2 bridgehead atoms. The molecule has 2 aromatic rings. The highest BCUT2D eigenvalue weighted by molar-refractivity contribution is 5.69. The largest absolute Gasteiger partial charge is 0.480 e. The van der Waals surface area contributed by atoms with Gasteiger partial charge in [0.1, 0.15) is 0 Å². The number of hydrogen-bond acceptors (Lipinski definition) is 5. The molecule has 138 valence electrons. The summed E-state index contributed by atoms with van der Waals surface area (Å²) in [5.41, 5.74) is 2.20. The molecule has 2 aliphatic rings. The maximum absolute atomic E-state index is 11.1. The van der Waals surface area contributed by atoms with Crippen molar-refractivity contribution in [2.45, 2.75) is 12.6 Å². The zero-order valence-electron chi connectivity index (χ0n) is 14.7. The van der Waals surface area contributed by atoms with E-state index in [2.05, 4.69) is 16.2 Å². The smallest absolute Gasteiger partial charge is 0.317 e. The van der Waals surface area contributed by atoms with Crippen LogP contribution in [0.2, 0.25) is 0 Å². The molecule has 0 spiro atoms. The van der Waals surface area contributed by atoms with E-state index in [9.17, 15) is 4.79 Å². The van der Waals surface area contributed by atoms with Gasteiger partial charge in [-0.1, -0.05) is 18.2 Å². The molecule has 0 unspecified atom stereocenters. The summed E-state index contributed by atoms with van der Waals surface area (Å²) in [5, 5.41) is 13.6. The number of nitrogens with zero attached hydrogens (tertiary/aromatic N) is 4. The Bertz CT molecular complexity index is 748. The molecule has 7 heteroatoms. The van der Waals surface area contributed by atoms with Gasteiger partial charge in [-0.2, -0.15) is 5.10 Å². The lowest BCUT2D eigenvalue weighted by atomic mass is 10.1. The fraction of sp³-hybridized carbons (Fsp3) is 0.474. The van der Waals surface area contributed by atoms with Gasteiger partial charge >= 0.3 is 5.97 Å². The van der Waals surface area contributed by atoms with Gasteiger partial charge in [-0.15, -0.1) is 0 Å². The van der Waals surface area contributed by atoms with Crippen molar-refractivity contribution in [1.29, 1.82) is 0 Å². The highest BCUT2D eigenvalue weighted by Gasteiger charge is 2.33. The van der Waals surface area contributed by atoms with Crippen LogP contribution in [0, 0.1) is 5.92 Å². The zero-order chi connectivity index (χ0) is 17.9. The number of hydrogen-bond donors (Lipinski definition) is 1. The van der Waals surface area contributed by atoms with E-state index in [1.807, 2.05) is 46.1 Å². The number of aromatic nitrogens is 2. The van der Waals surface area contributed by atoms with E-state index in [1.54, 1.807) is 0 Å². The fourth-order valence-corrected chi connectivity index (χ4v) is 3.94. The molecule has 2 fully saturated rings. The first-order valence-corrected chi connectivity index (χ1v) is 9.02. The molecule has 1 aromatic heterocycles. The summed E-state index contributed by atoms with van der Waals surface area (Å²) in [7, 11) is 0. The Morgan fingerprint density at radius 1 is 1.19 bits per heavy atom. The summed E-state index contributed by atoms with van der Waals surface area (Å²) in [4.78, 5) is 15.6. The van der Waals surface area contributed by atoms with Crippen LogP contribution in [0.15, 0.2) is 42.7 Å². The van der Waals surface area contributed by atoms with Gasteiger partial charge in [0.15, 0.2) is 0 Å². The van der Waals surface area contributed by atoms with Crippen molar-refractivity contribution < 1.29 is 14.6 Å². The lowest BCUT2D eigenvalue weighted by molar-refractivity contribution is -0.138. The van der Waals surface area contributed by atoms with Gasteiger partial charge in [0.25, 0.3) is 0 Å². The Labute approximate surface area is 152 Å². The molecule has 26 heavy (non-hydrogen) atoms. The van der Waals surface area contributed by atoms with Gasteiger partial charge in [0.2, 0.25) is 0 Å². The molecule has 2 saturated heterocycles. The van der Waals surface area contributed by atoms with Crippen molar-refractivity contribution in [3.05, 3.63) is 48.3 Å². The van der Waals surface area contributed by atoms with E-state index in [1.165, 1.54) is 0 Å². The number of carbonyl (C=O) groups is 1. The van der Waals surface area contributed by atoms with Gasteiger partial charge in [0.05, 0.1) is 31.6 Å². The minimum absolute atomic E-state index is 0.104. The van der Waals surface area contributed by atoms with E-state index in [0.29, 0.717) is 19.1 Å². The van der Waals surface area contributed by atoms with E-state index in [0.717, 1.165) is 37.4 Å². The number of aliphatic carboxylic acids is 1. The van der Waals surface area contributed by atoms with Crippen molar-refractivity contribution in [1.82, 2.24) is 19.6 Å². The Balaban J connectivity index is 1.48. The number of ether oxygens (including phenoxy) is 1. The Kier molecular flexibility index (Phi) is 5.01. The standard InChI is InChI=1S/C19H24N4O3/c24-19(25)12-21-7-16-9-22(18(11-21)14-26-13-16)8-15-6-20-23(10-15)17-4-2-1-3-5-17/h1-6,10,16,18H,7-9,11-14H2,(H,24,25)/t16-,18-/m0/s1. The molecule has 2 atom stereocenters. The first-order valence-electron chi connectivity index (χ1n) is 9.02. The van der Waals surface area contributed by atoms with Crippen LogP contribution in [0.3, 0.4) is 0 Å². The summed E-state index contributed by atoms with van der Waals surface area (Å²) in [6.45, 7) is 4.70. The summed E-state index contributed by atoms with van der Waals surface area (Å²) in [6.07, 6.45) is 3.98. The zero-order valence-corrected chi connectivity index (χ0v) is 14.7. The fourth-order valence-electron chi connectivity index (χ4n) is 3.94. The lowest BCUT2D eigenvalue weighted by Crippen LogP contribution is -2.44. The van der Waals surface area contributed by atoms with Crippen molar-refractivity contribution in [2.75, 3.05) is 39.4 Å². The molecule has 4 rings (SSSR count). The second kappa shape index (κ2) is 7.57. The first kappa shape index (κ1) is 17.2. The highest BCUT2D eigenvalue weighted by atomic mass is 16.5. The van der Waals surface area contributed by atoms with Crippen LogP contribution in [0.5, 0.6) is 0 Å². The number of carboxylic acids is 1. The van der Waals surface area contributed by atoms with Crippen molar-refractivity contribution >= 4 is 5.97 Å².